The van der Waals surface area contributed by atoms with E-state index >= 15 is 0 Å². The average molecular weight is 191 g/mol. The van der Waals surface area contributed by atoms with E-state index < -0.39 is 5.97 Å². The molecule has 1 aliphatic carbocycles. The number of carboxylic acid groups (broad SMARTS) is 1. The minimum absolute atomic E-state index is 0.0724. The van der Waals surface area contributed by atoms with E-state index in [9.17, 15) is 4.79 Å². The van der Waals surface area contributed by atoms with E-state index in [1.807, 2.05) is 12.1 Å². The second-order valence-corrected chi connectivity index (χ2v) is 3.83. The Morgan fingerprint density at radius 1 is 1.50 bits per heavy atom. The molecule has 14 heavy (non-hydrogen) atoms. The van der Waals surface area contributed by atoms with Crippen LogP contribution in [0.1, 0.15) is 18.4 Å². The fraction of sp³-hybridized carbons (Fsp3) is 0.455. The molecule has 2 atom stereocenters. The van der Waals surface area contributed by atoms with Crippen molar-refractivity contribution in [2.45, 2.75) is 19.3 Å². The Morgan fingerprint density at radius 2 is 2.21 bits per heavy atom. The maximum absolute atomic E-state index is 10.6. The predicted octanol–water partition coefficient (Wildman–Crippen LogP) is 1.73. The Hall–Kier alpha value is -1.38. The Bertz CT molecular complexity index is 323. The van der Waals surface area contributed by atoms with Crippen molar-refractivity contribution in [3.63, 3.8) is 0 Å². The summed E-state index contributed by atoms with van der Waals surface area (Å²) in [4.78, 5) is 14.5. The van der Waals surface area contributed by atoms with Crippen LogP contribution in [-0.2, 0) is 11.2 Å². The summed E-state index contributed by atoms with van der Waals surface area (Å²) >= 11 is 0. The summed E-state index contributed by atoms with van der Waals surface area (Å²) in [5.74, 6) is -0.303. The number of rotatable bonds is 4. The normalized spacial score (nSPS) is 24.6. The number of aryl methyl sites for hydroxylation is 1. The standard InChI is InChI=1S/C11H13NO2/c13-11(14)10-7-9(10)2-1-8-3-5-12-6-4-8/h3-6,9-10H,1-2,7H2,(H,13,14). The van der Waals surface area contributed by atoms with Crippen molar-refractivity contribution in [2.24, 2.45) is 11.8 Å². The van der Waals surface area contributed by atoms with Crippen molar-refractivity contribution in [3.05, 3.63) is 30.1 Å². The molecule has 0 aromatic carbocycles. The molecule has 1 heterocycles. The zero-order valence-corrected chi connectivity index (χ0v) is 7.89. The molecular formula is C11H13NO2. The van der Waals surface area contributed by atoms with Gasteiger partial charge in [-0.15, -0.1) is 0 Å². The van der Waals surface area contributed by atoms with Gasteiger partial charge in [-0.05, 0) is 42.9 Å². The first kappa shape index (κ1) is 9.19. The highest BCUT2D eigenvalue weighted by Crippen LogP contribution is 2.41. The molecular weight excluding hydrogens is 178 g/mol. The third-order valence-electron chi connectivity index (χ3n) is 2.79. The van der Waals surface area contributed by atoms with Crippen molar-refractivity contribution in [1.82, 2.24) is 4.98 Å². The van der Waals surface area contributed by atoms with E-state index in [0.29, 0.717) is 5.92 Å². The average Bonchev–Trinajstić information content (AvgIpc) is 2.96. The van der Waals surface area contributed by atoms with Gasteiger partial charge in [0.15, 0.2) is 0 Å². The van der Waals surface area contributed by atoms with E-state index in [-0.39, 0.29) is 5.92 Å². The van der Waals surface area contributed by atoms with Gasteiger partial charge in [-0.2, -0.15) is 0 Å². The van der Waals surface area contributed by atoms with Crippen LogP contribution < -0.4 is 0 Å². The van der Waals surface area contributed by atoms with Crippen molar-refractivity contribution in [3.8, 4) is 0 Å². The molecule has 0 spiro atoms. The number of nitrogens with zero attached hydrogens (tertiary/aromatic N) is 1. The van der Waals surface area contributed by atoms with E-state index in [0.717, 1.165) is 19.3 Å². The molecule has 1 saturated carbocycles. The Kier molecular flexibility index (Phi) is 2.48. The van der Waals surface area contributed by atoms with Crippen LogP contribution in [0.3, 0.4) is 0 Å². The molecule has 1 N–H and O–H groups in total. The van der Waals surface area contributed by atoms with Crippen LogP contribution in [0.25, 0.3) is 0 Å². The van der Waals surface area contributed by atoms with Gasteiger partial charge in [0.2, 0.25) is 0 Å². The van der Waals surface area contributed by atoms with Gasteiger partial charge in [0, 0.05) is 12.4 Å². The number of aliphatic carboxylic acids is 1. The topological polar surface area (TPSA) is 50.2 Å². The summed E-state index contributed by atoms with van der Waals surface area (Å²) in [5, 5.41) is 8.71. The van der Waals surface area contributed by atoms with Crippen LogP contribution in [-0.4, -0.2) is 16.1 Å². The summed E-state index contributed by atoms with van der Waals surface area (Å²) in [6.07, 6.45) is 6.37. The molecule has 0 bridgehead atoms. The highest BCUT2D eigenvalue weighted by Gasteiger charge is 2.42. The van der Waals surface area contributed by atoms with Crippen LogP contribution in [0, 0.1) is 11.8 Å². The van der Waals surface area contributed by atoms with Gasteiger partial charge in [-0.25, -0.2) is 0 Å². The maximum Gasteiger partial charge on any atom is 0.306 e. The second-order valence-electron chi connectivity index (χ2n) is 3.83. The zero-order chi connectivity index (χ0) is 9.97. The maximum atomic E-state index is 10.6. The summed E-state index contributed by atoms with van der Waals surface area (Å²) in [7, 11) is 0. The van der Waals surface area contributed by atoms with Gasteiger partial charge in [0.1, 0.15) is 0 Å². The molecule has 0 amide bonds. The molecule has 1 fully saturated rings. The van der Waals surface area contributed by atoms with Crippen LogP contribution in [0.15, 0.2) is 24.5 Å². The lowest BCUT2D eigenvalue weighted by atomic mass is 10.1. The molecule has 3 nitrogen and oxygen atoms in total. The van der Waals surface area contributed by atoms with E-state index in [1.165, 1.54) is 5.56 Å². The molecule has 2 unspecified atom stereocenters. The number of hydrogen-bond donors (Lipinski definition) is 1. The van der Waals surface area contributed by atoms with Gasteiger partial charge in [-0.3, -0.25) is 9.78 Å². The molecule has 0 aliphatic heterocycles. The van der Waals surface area contributed by atoms with Crippen LogP contribution in [0.2, 0.25) is 0 Å². The number of hydrogen-bond acceptors (Lipinski definition) is 2. The summed E-state index contributed by atoms with van der Waals surface area (Å²) < 4.78 is 0. The summed E-state index contributed by atoms with van der Waals surface area (Å²) in [6, 6.07) is 3.97. The summed E-state index contributed by atoms with van der Waals surface area (Å²) in [6.45, 7) is 0. The number of aromatic nitrogens is 1. The molecule has 1 aromatic rings. The lowest BCUT2D eigenvalue weighted by molar-refractivity contribution is -0.138. The Balaban J connectivity index is 1.77. The summed E-state index contributed by atoms with van der Waals surface area (Å²) in [5.41, 5.74) is 1.25. The third kappa shape index (κ3) is 2.10. The van der Waals surface area contributed by atoms with Crippen LogP contribution in [0.4, 0.5) is 0 Å². The molecule has 1 aromatic heterocycles. The van der Waals surface area contributed by atoms with Gasteiger partial charge in [-0.1, -0.05) is 0 Å². The molecule has 1 aliphatic rings. The van der Waals surface area contributed by atoms with E-state index in [2.05, 4.69) is 4.98 Å². The Morgan fingerprint density at radius 3 is 2.79 bits per heavy atom. The van der Waals surface area contributed by atoms with E-state index in [4.69, 9.17) is 5.11 Å². The van der Waals surface area contributed by atoms with Crippen molar-refractivity contribution >= 4 is 5.97 Å². The largest absolute Gasteiger partial charge is 0.481 e. The number of pyridine rings is 1. The highest BCUT2D eigenvalue weighted by atomic mass is 16.4. The molecule has 0 radical (unpaired) electrons. The lowest BCUT2D eigenvalue weighted by Crippen LogP contribution is -2.00. The minimum atomic E-state index is -0.635. The Labute approximate surface area is 82.8 Å². The van der Waals surface area contributed by atoms with Gasteiger partial charge in [0.25, 0.3) is 0 Å². The smallest absolute Gasteiger partial charge is 0.306 e. The number of carbonyl (C=O) groups is 1. The SMILES string of the molecule is O=C(O)C1CC1CCc1ccncc1. The van der Waals surface area contributed by atoms with Crippen LogP contribution in [0.5, 0.6) is 0 Å². The van der Waals surface area contributed by atoms with Crippen molar-refractivity contribution in [1.29, 1.82) is 0 Å². The van der Waals surface area contributed by atoms with Gasteiger partial charge < -0.3 is 5.11 Å². The third-order valence-corrected chi connectivity index (χ3v) is 2.79. The first-order chi connectivity index (χ1) is 6.77. The molecule has 0 saturated heterocycles. The zero-order valence-electron chi connectivity index (χ0n) is 7.89. The van der Waals surface area contributed by atoms with Gasteiger partial charge in [0.05, 0.1) is 5.92 Å². The molecule has 2 rings (SSSR count). The monoisotopic (exact) mass is 191 g/mol. The number of carboxylic acids is 1. The fourth-order valence-electron chi connectivity index (χ4n) is 1.77. The first-order valence-corrected chi connectivity index (χ1v) is 4.89. The lowest BCUT2D eigenvalue weighted by Gasteiger charge is -1.98. The van der Waals surface area contributed by atoms with Gasteiger partial charge >= 0.3 is 5.97 Å². The quantitative estimate of drug-likeness (QED) is 0.788. The fourth-order valence-corrected chi connectivity index (χ4v) is 1.77. The highest BCUT2D eigenvalue weighted by molar-refractivity contribution is 5.73. The van der Waals surface area contributed by atoms with Crippen LogP contribution >= 0.6 is 0 Å². The second kappa shape index (κ2) is 3.78. The minimum Gasteiger partial charge on any atom is -0.481 e. The van der Waals surface area contributed by atoms with Crippen molar-refractivity contribution < 1.29 is 9.90 Å². The predicted molar refractivity (Wildman–Crippen MR) is 51.8 cm³/mol. The van der Waals surface area contributed by atoms with Crippen molar-refractivity contribution in [2.75, 3.05) is 0 Å². The molecule has 74 valence electrons. The van der Waals surface area contributed by atoms with E-state index in [1.54, 1.807) is 12.4 Å². The molecule has 3 heteroatoms. The first-order valence-electron chi connectivity index (χ1n) is 4.89.